The Balaban J connectivity index is 1.19. The van der Waals surface area contributed by atoms with Crippen LogP contribution in [0.15, 0.2) is 111 Å². The molecule has 0 amide bonds. The monoisotopic (exact) mass is 1220 g/mol. The third-order valence-electron chi connectivity index (χ3n) is 11.7. The van der Waals surface area contributed by atoms with Gasteiger partial charge in [0.2, 0.25) is 11.0 Å². The highest BCUT2D eigenvalue weighted by atomic mass is 32.2. The van der Waals surface area contributed by atoms with Gasteiger partial charge in [0.05, 0.1) is 60.7 Å². The van der Waals surface area contributed by atoms with Crippen molar-refractivity contribution in [3.05, 3.63) is 88.5 Å². The second-order valence-corrected chi connectivity index (χ2v) is 26.7. The molecule has 3 heterocycles. The van der Waals surface area contributed by atoms with Crippen LogP contribution < -0.4 is 4.74 Å². The molecule has 8 rings (SSSR count). The number of rotatable bonds is 19. The molecule has 0 aliphatic carbocycles. The van der Waals surface area contributed by atoms with Gasteiger partial charge in [0.25, 0.3) is 50.6 Å². The molecule has 5 aromatic carbocycles. The minimum absolute atomic E-state index is 0.000778. The molecule has 0 saturated heterocycles. The summed E-state index contributed by atoms with van der Waals surface area (Å²) in [5.41, 5.74) is 1.09. The Morgan fingerprint density at radius 2 is 1.29 bits per heavy atom. The molecular weight excluding hydrogens is 1180 g/mol. The smallest absolute Gasteiger partial charge is 0.296 e. The van der Waals surface area contributed by atoms with Gasteiger partial charge < -0.3 is 9.84 Å². The number of fused-ring (bicyclic) bond motifs is 6. The maximum atomic E-state index is 12.5. The van der Waals surface area contributed by atoms with E-state index in [0.29, 0.717) is 16.0 Å². The largest absolute Gasteiger partial charge is 0.493 e. The molecule has 0 spiro atoms. The zero-order valence-electron chi connectivity index (χ0n) is 41.0. The van der Waals surface area contributed by atoms with Crippen LogP contribution in [0.1, 0.15) is 40.7 Å². The van der Waals surface area contributed by atoms with E-state index in [2.05, 4.69) is 40.7 Å². The number of nitrogens with zero attached hydrogens (tertiary/aromatic N) is 10. The van der Waals surface area contributed by atoms with Crippen LogP contribution in [0.5, 0.6) is 11.6 Å². The third kappa shape index (κ3) is 12.9. The van der Waals surface area contributed by atoms with Crippen LogP contribution in [-0.4, -0.2) is 108 Å². The number of aromatic hydroxyl groups is 1. The third-order valence-corrected chi connectivity index (χ3v) is 18.1. The fourth-order valence-electron chi connectivity index (χ4n) is 7.98. The van der Waals surface area contributed by atoms with Crippen molar-refractivity contribution in [3.63, 3.8) is 0 Å². The van der Waals surface area contributed by atoms with Crippen molar-refractivity contribution in [1.82, 2.24) is 14.4 Å². The number of thioether (sulfide) groups is 1. The molecule has 6 N–H and O–H groups in total. The van der Waals surface area contributed by atoms with Crippen molar-refractivity contribution in [2.75, 3.05) is 23.9 Å². The molecule has 8 aromatic rings. The van der Waals surface area contributed by atoms with Crippen LogP contribution in [0.25, 0.3) is 37.7 Å². The van der Waals surface area contributed by atoms with E-state index in [1.165, 1.54) is 44.2 Å². The summed E-state index contributed by atoms with van der Waals surface area (Å²) >= 11 is 1.90. The molecule has 27 nitrogen and oxygen atoms in total. The van der Waals surface area contributed by atoms with E-state index < -0.39 is 82.7 Å². The summed E-state index contributed by atoms with van der Waals surface area (Å²) < 4.78 is 175. The first-order valence-electron chi connectivity index (χ1n) is 22.4. The Hall–Kier alpha value is -7.01. The van der Waals surface area contributed by atoms with Gasteiger partial charge in [-0.15, -0.1) is 37.3 Å². The van der Waals surface area contributed by atoms with Crippen molar-refractivity contribution in [2.45, 2.75) is 60.1 Å². The lowest BCUT2D eigenvalue weighted by atomic mass is 10.1. The SMILES string of the molecule is Cc1cc(N=Nc2cc(OCCCS(=O)(=O)O)c(N=Nc3c(C)c(C#N)c4nc5ccc(S(=O)(=O)O)c(C)c5n4c3O)cc2C)c(SCCCS(=O)(=O)O)cc1N=Nc1nc2c(S(=O)(=O)O)cc3ccc(S(=O)(=O)O)cc3c2s1. The fraction of sp³-hybridized carbons (Fsp3) is 0.222. The summed E-state index contributed by atoms with van der Waals surface area (Å²) in [5, 5.41) is 48.2. The highest BCUT2D eigenvalue weighted by Gasteiger charge is 2.26. The maximum Gasteiger partial charge on any atom is 0.296 e. The Bertz CT molecular complexity index is 4610. The molecule has 79 heavy (non-hydrogen) atoms. The molecule has 34 heteroatoms. The van der Waals surface area contributed by atoms with Gasteiger partial charge in [-0.3, -0.25) is 27.2 Å². The lowest BCUT2D eigenvalue weighted by Gasteiger charge is -2.12. The predicted molar refractivity (Wildman–Crippen MR) is 288 cm³/mol. The first-order valence-corrected chi connectivity index (χ1v) is 31.7. The molecule has 414 valence electrons. The minimum Gasteiger partial charge on any atom is -0.493 e. The molecule has 0 radical (unpaired) electrons. The Kier molecular flexibility index (Phi) is 16.1. The van der Waals surface area contributed by atoms with Gasteiger partial charge in [-0.25, -0.2) is 9.97 Å². The average molecular weight is 1220 g/mol. The van der Waals surface area contributed by atoms with Crippen LogP contribution >= 0.6 is 23.1 Å². The number of pyridine rings is 1. The van der Waals surface area contributed by atoms with E-state index in [1.807, 2.05) is 6.07 Å². The maximum absolute atomic E-state index is 12.5. The standard InChI is InChI=1S/C45H40N10O17S7/c1-22-15-33(51-53-39-24(3)29(21-46)43-47-30-9-10-37(78(66,67)68)25(4)41(30)55(43)44(39)56)35(72-11-5-13-75(57,58)59)19-31(22)49-52-34-16-23(2)32(20-36(34)73-12-6-14-76(60,61)62)50-54-45-48-40-38(79(69,70)71)17-26-7-8-27(77(63,64)65)18-28(26)42(40)74-45/h7-10,15-20,56H,5-6,11-14H2,1-4H3,(H,57,58,59)(H,60,61,62)(H,63,64,65)(H,66,67,68)(H,69,70,71). The Labute approximate surface area is 457 Å². The van der Waals surface area contributed by atoms with Gasteiger partial charge in [0, 0.05) is 21.9 Å². The summed E-state index contributed by atoms with van der Waals surface area (Å²) in [7, 11) is -23.0. The highest BCUT2D eigenvalue weighted by molar-refractivity contribution is 7.99. The van der Waals surface area contributed by atoms with Gasteiger partial charge in [0.15, 0.2) is 11.3 Å². The second-order valence-electron chi connectivity index (χ2n) is 17.3. The first-order chi connectivity index (χ1) is 36.8. The molecule has 0 saturated carbocycles. The quantitative estimate of drug-likeness (QED) is 0.0190. The molecule has 3 aromatic heterocycles. The molecule has 0 bridgehead atoms. The second kappa shape index (κ2) is 21.9. The fourth-order valence-corrected chi connectivity index (χ4v) is 13.0. The summed E-state index contributed by atoms with van der Waals surface area (Å²) in [6.07, 6.45) is -0.203. The Morgan fingerprint density at radius 1 is 0.671 bits per heavy atom. The number of thiazole rings is 1. The first kappa shape index (κ1) is 58.1. The number of azo groups is 3. The van der Waals surface area contributed by atoms with Gasteiger partial charge in [-0.1, -0.05) is 17.4 Å². The zero-order chi connectivity index (χ0) is 57.7. The van der Waals surface area contributed by atoms with Crippen molar-refractivity contribution in [1.29, 1.82) is 5.26 Å². The van der Waals surface area contributed by atoms with E-state index in [9.17, 15) is 75.2 Å². The molecular formula is C45H40N10O17S7. The van der Waals surface area contributed by atoms with Crippen molar-refractivity contribution >= 4 is 145 Å². The van der Waals surface area contributed by atoms with Gasteiger partial charge >= 0.3 is 0 Å². The zero-order valence-corrected chi connectivity index (χ0v) is 46.7. The molecule has 0 atom stereocenters. The Morgan fingerprint density at radius 3 is 1.94 bits per heavy atom. The van der Waals surface area contributed by atoms with Crippen LogP contribution in [0, 0.1) is 39.0 Å². The van der Waals surface area contributed by atoms with E-state index in [4.69, 9.17) is 4.74 Å². The van der Waals surface area contributed by atoms with Crippen LogP contribution in [-0.2, 0) is 50.6 Å². The predicted octanol–water partition coefficient (Wildman–Crippen LogP) is 10.1. The topological polar surface area (TPSA) is 429 Å². The van der Waals surface area contributed by atoms with E-state index in [0.717, 1.165) is 51.8 Å². The summed E-state index contributed by atoms with van der Waals surface area (Å²) in [6, 6.07) is 14.8. The van der Waals surface area contributed by atoms with E-state index in [1.54, 1.807) is 19.9 Å². The van der Waals surface area contributed by atoms with Crippen LogP contribution in [0.3, 0.4) is 0 Å². The summed E-state index contributed by atoms with van der Waals surface area (Å²) in [4.78, 5) is 7.47. The van der Waals surface area contributed by atoms with Gasteiger partial charge in [-0.2, -0.15) is 52.5 Å². The minimum atomic E-state index is -4.88. The number of hydrogen-bond acceptors (Lipinski definition) is 23. The molecule has 0 unspecified atom stereocenters. The average Bonchev–Trinajstić information content (AvgIpc) is 4.13. The van der Waals surface area contributed by atoms with Crippen LogP contribution in [0.4, 0.5) is 33.6 Å². The van der Waals surface area contributed by atoms with Crippen molar-refractivity contribution in [3.8, 4) is 17.7 Å². The lowest BCUT2D eigenvalue weighted by molar-refractivity contribution is 0.317. The normalized spacial score (nSPS) is 13.1. The lowest BCUT2D eigenvalue weighted by Crippen LogP contribution is -2.08. The van der Waals surface area contributed by atoms with Crippen LogP contribution in [0.2, 0.25) is 0 Å². The number of aromatic nitrogens is 3. The van der Waals surface area contributed by atoms with Gasteiger partial charge in [0.1, 0.15) is 33.5 Å². The number of ether oxygens (including phenoxy) is 1. The molecule has 0 aliphatic heterocycles. The number of benzene rings is 5. The van der Waals surface area contributed by atoms with E-state index in [-0.39, 0.29) is 119 Å². The van der Waals surface area contributed by atoms with Crippen molar-refractivity contribution < 1.29 is 74.7 Å². The van der Waals surface area contributed by atoms with E-state index >= 15 is 0 Å². The number of nitriles is 1. The molecule has 0 aliphatic rings. The number of aryl methyl sites for hydroxylation is 3. The molecule has 0 fully saturated rings. The summed E-state index contributed by atoms with van der Waals surface area (Å²) in [6.45, 7) is 5.78. The highest BCUT2D eigenvalue weighted by Crippen LogP contribution is 2.44. The van der Waals surface area contributed by atoms with Gasteiger partial charge in [-0.05, 0) is 117 Å². The number of imidazole rings is 1. The van der Waals surface area contributed by atoms with Crippen molar-refractivity contribution in [2.24, 2.45) is 30.7 Å². The number of hydrogen-bond donors (Lipinski definition) is 6. The summed E-state index contributed by atoms with van der Waals surface area (Å²) in [5.74, 6) is -1.79.